The van der Waals surface area contributed by atoms with E-state index in [4.69, 9.17) is 0 Å². The first-order valence-electron chi connectivity index (χ1n) is 17.7. The highest BCUT2D eigenvalue weighted by molar-refractivity contribution is 6.02. The van der Waals surface area contributed by atoms with Crippen LogP contribution in [0.5, 0.6) is 0 Å². The van der Waals surface area contributed by atoms with Gasteiger partial charge in [-0.3, -0.25) is 0 Å². The van der Waals surface area contributed by atoms with E-state index in [9.17, 15) is 0 Å². The molecule has 2 heteroatoms. The lowest BCUT2D eigenvalue weighted by Crippen LogP contribution is -2.31. The summed E-state index contributed by atoms with van der Waals surface area (Å²) in [5.41, 5.74) is 16.6. The molecule has 10 rings (SSSR count). The predicted molar refractivity (Wildman–Crippen MR) is 211 cm³/mol. The van der Waals surface area contributed by atoms with Crippen molar-refractivity contribution in [2.45, 2.75) is 38.5 Å². The molecule has 2 nitrogen and oxygen atoms in total. The molecule has 0 N–H and O–H groups in total. The number of benzene rings is 7. The Bertz CT molecular complexity index is 2650. The Hall–Kier alpha value is -5.86. The lowest BCUT2D eigenvalue weighted by atomic mass is 9.71. The third kappa shape index (κ3) is 3.96. The Morgan fingerprint density at radius 2 is 1.08 bits per heavy atom. The summed E-state index contributed by atoms with van der Waals surface area (Å²) in [7, 11) is 0. The Balaban J connectivity index is 1.13. The zero-order valence-corrected chi connectivity index (χ0v) is 28.9. The molecule has 2 heterocycles. The van der Waals surface area contributed by atoms with Crippen LogP contribution in [0.25, 0.3) is 49.6 Å². The average molecular weight is 643 g/mol. The summed E-state index contributed by atoms with van der Waals surface area (Å²) in [6, 6.07) is 56.2. The van der Waals surface area contributed by atoms with Gasteiger partial charge in [-0.1, -0.05) is 131 Å². The summed E-state index contributed by atoms with van der Waals surface area (Å²) in [6.07, 6.45) is 2.23. The van der Waals surface area contributed by atoms with Crippen molar-refractivity contribution in [3.63, 3.8) is 0 Å². The minimum absolute atomic E-state index is 0.0821. The van der Waals surface area contributed by atoms with Crippen molar-refractivity contribution in [1.29, 1.82) is 0 Å². The van der Waals surface area contributed by atoms with Gasteiger partial charge >= 0.3 is 0 Å². The van der Waals surface area contributed by atoms with Crippen molar-refractivity contribution in [2.24, 2.45) is 0 Å². The zero-order chi connectivity index (χ0) is 33.8. The van der Waals surface area contributed by atoms with E-state index in [1.54, 1.807) is 0 Å². The summed E-state index contributed by atoms with van der Waals surface area (Å²) in [5.74, 6) is 0. The van der Waals surface area contributed by atoms with E-state index in [0.717, 1.165) is 5.69 Å². The molecule has 0 spiro atoms. The third-order valence-corrected chi connectivity index (χ3v) is 11.6. The van der Waals surface area contributed by atoms with Crippen molar-refractivity contribution in [3.8, 4) is 27.9 Å². The number of anilines is 3. The van der Waals surface area contributed by atoms with Crippen LogP contribution >= 0.6 is 0 Å². The molecule has 1 aromatic heterocycles. The maximum atomic E-state index is 2.53. The second-order valence-corrected chi connectivity index (χ2v) is 15.0. The van der Waals surface area contributed by atoms with Gasteiger partial charge in [-0.25, -0.2) is 0 Å². The van der Waals surface area contributed by atoms with Crippen LogP contribution in [-0.4, -0.2) is 4.57 Å². The highest BCUT2D eigenvalue weighted by atomic mass is 15.2. The molecule has 8 aromatic rings. The average Bonchev–Trinajstić information content (AvgIpc) is 3.68. The van der Waals surface area contributed by atoms with Crippen LogP contribution in [0.1, 0.15) is 49.9 Å². The molecular weight excluding hydrogens is 605 g/mol. The van der Waals surface area contributed by atoms with Gasteiger partial charge in [0.1, 0.15) is 0 Å². The SMILES string of the molecule is CC1(C)c2ccccc2-c2cc3c(cc21)N(c1cccc2c1ccn2-c1ccc(-c2cccc4ccccc24)cc1)c1ccccc1C3(C)C. The Labute approximate surface area is 293 Å². The predicted octanol–water partition coefficient (Wildman–Crippen LogP) is 12.9. The fourth-order valence-corrected chi connectivity index (χ4v) is 9.00. The fraction of sp³-hybridized carbons (Fsp3) is 0.125. The first-order valence-corrected chi connectivity index (χ1v) is 17.7. The van der Waals surface area contributed by atoms with Crippen molar-refractivity contribution in [1.82, 2.24) is 4.57 Å². The number of aromatic nitrogens is 1. The quantitative estimate of drug-likeness (QED) is 0.186. The van der Waals surface area contributed by atoms with Gasteiger partial charge in [-0.05, 0) is 104 Å². The number of rotatable bonds is 3. The molecule has 1 aliphatic heterocycles. The molecule has 7 aromatic carbocycles. The van der Waals surface area contributed by atoms with Crippen molar-refractivity contribution in [3.05, 3.63) is 180 Å². The summed E-state index contributed by atoms with van der Waals surface area (Å²) >= 11 is 0. The van der Waals surface area contributed by atoms with E-state index in [1.807, 2.05) is 0 Å². The van der Waals surface area contributed by atoms with E-state index < -0.39 is 0 Å². The van der Waals surface area contributed by atoms with Gasteiger partial charge in [0.2, 0.25) is 0 Å². The second-order valence-electron chi connectivity index (χ2n) is 15.0. The summed E-state index contributed by atoms with van der Waals surface area (Å²) < 4.78 is 2.33. The summed E-state index contributed by atoms with van der Waals surface area (Å²) in [6.45, 7) is 9.53. The van der Waals surface area contributed by atoms with Gasteiger partial charge in [0.25, 0.3) is 0 Å². The topological polar surface area (TPSA) is 8.17 Å². The molecule has 240 valence electrons. The molecule has 0 amide bonds. The molecule has 0 saturated heterocycles. The smallest absolute Gasteiger partial charge is 0.0555 e. The number of fused-ring (bicyclic) bond motifs is 7. The first kappa shape index (κ1) is 29.1. The fourth-order valence-electron chi connectivity index (χ4n) is 9.00. The van der Waals surface area contributed by atoms with Crippen LogP contribution < -0.4 is 4.90 Å². The van der Waals surface area contributed by atoms with E-state index in [2.05, 4.69) is 195 Å². The monoisotopic (exact) mass is 642 g/mol. The van der Waals surface area contributed by atoms with Gasteiger partial charge in [0.05, 0.1) is 22.6 Å². The van der Waals surface area contributed by atoms with Crippen molar-refractivity contribution < 1.29 is 0 Å². The van der Waals surface area contributed by atoms with Gasteiger partial charge in [-0.2, -0.15) is 0 Å². The second kappa shape index (κ2) is 10.3. The van der Waals surface area contributed by atoms with E-state index in [-0.39, 0.29) is 10.8 Å². The molecule has 0 fully saturated rings. The molecule has 50 heavy (non-hydrogen) atoms. The Morgan fingerprint density at radius 3 is 1.94 bits per heavy atom. The molecular formula is C48H38N2. The molecule has 2 aliphatic rings. The maximum Gasteiger partial charge on any atom is 0.0555 e. The largest absolute Gasteiger partial charge is 0.316 e. The van der Waals surface area contributed by atoms with Crippen LogP contribution in [0.2, 0.25) is 0 Å². The van der Waals surface area contributed by atoms with Crippen LogP contribution in [0.3, 0.4) is 0 Å². The van der Waals surface area contributed by atoms with Gasteiger partial charge in [-0.15, -0.1) is 0 Å². The van der Waals surface area contributed by atoms with E-state index >= 15 is 0 Å². The van der Waals surface area contributed by atoms with Gasteiger partial charge in [0.15, 0.2) is 0 Å². The minimum atomic E-state index is -0.162. The lowest BCUT2D eigenvalue weighted by Gasteiger charge is -2.43. The molecule has 0 unspecified atom stereocenters. The highest BCUT2D eigenvalue weighted by Crippen LogP contribution is 2.58. The van der Waals surface area contributed by atoms with Crippen LogP contribution in [-0.2, 0) is 10.8 Å². The van der Waals surface area contributed by atoms with Crippen LogP contribution in [0, 0.1) is 0 Å². The van der Waals surface area contributed by atoms with Gasteiger partial charge < -0.3 is 9.47 Å². The number of para-hydroxylation sites is 1. The Morgan fingerprint density at radius 1 is 0.420 bits per heavy atom. The highest BCUT2D eigenvalue weighted by Gasteiger charge is 2.42. The standard InChI is InChI=1S/C48H38N2/c1-47(2)39-18-8-7-16-36(39)38-29-42-46(30-41(38)47)50(45-20-10-9-19-40(45)48(42,3)4)44-22-12-21-43-37(44)27-28-49(43)33-25-23-32(24-26-33)35-17-11-14-31-13-5-6-15-34(31)35/h5-30H,1-4H3. The van der Waals surface area contributed by atoms with E-state index in [1.165, 1.54) is 83.2 Å². The first-order chi connectivity index (χ1) is 24.3. The van der Waals surface area contributed by atoms with Crippen LogP contribution in [0.4, 0.5) is 17.1 Å². The van der Waals surface area contributed by atoms with Crippen molar-refractivity contribution in [2.75, 3.05) is 4.90 Å². The summed E-state index contributed by atoms with van der Waals surface area (Å²) in [4.78, 5) is 2.53. The van der Waals surface area contributed by atoms with Crippen molar-refractivity contribution >= 4 is 38.7 Å². The Kier molecular flexibility index (Phi) is 6.01. The number of hydrogen-bond donors (Lipinski definition) is 0. The maximum absolute atomic E-state index is 2.53. The van der Waals surface area contributed by atoms with E-state index in [0.29, 0.717) is 0 Å². The minimum Gasteiger partial charge on any atom is -0.316 e. The lowest BCUT2D eigenvalue weighted by molar-refractivity contribution is 0.627. The normalized spacial score (nSPS) is 15.1. The van der Waals surface area contributed by atoms with Gasteiger partial charge in [0, 0.05) is 28.1 Å². The third-order valence-electron chi connectivity index (χ3n) is 11.6. The molecule has 0 bridgehead atoms. The molecule has 0 radical (unpaired) electrons. The molecule has 0 atom stereocenters. The van der Waals surface area contributed by atoms with Crippen LogP contribution in [0.15, 0.2) is 158 Å². The number of nitrogens with zero attached hydrogens (tertiary/aromatic N) is 2. The molecule has 0 saturated carbocycles. The number of hydrogen-bond acceptors (Lipinski definition) is 1. The zero-order valence-electron chi connectivity index (χ0n) is 28.9. The molecule has 1 aliphatic carbocycles. The summed E-state index contributed by atoms with van der Waals surface area (Å²) in [5, 5.41) is 3.77.